The molecule has 2 saturated heterocycles. The molecule has 1 unspecified atom stereocenters. The molecule has 1 amide bonds. The number of ether oxygens (including phenoxy) is 1. The summed E-state index contributed by atoms with van der Waals surface area (Å²) in [6, 6.07) is -0.179. The number of likely N-dealkylation sites (tertiary alicyclic amines) is 1. The first-order valence-corrected chi connectivity index (χ1v) is 11.7. The molecule has 2 fully saturated rings. The lowest BCUT2D eigenvalue weighted by Gasteiger charge is -2.31. The van der Waals surface area contributed by atoms with Crippen molar-refractivity contribution in [1.29, 1.82) is 0 Å². The third kappa shape index (κ3) is 4.73. The van der Waals surface area contributed by atoms with Gasteiger partial charge in [0.15, 0.2) is 0 Å². The zero-order valence-corrected chi connectivity index (χ0v) is 17.8. The number of morpholine rings is 1. The van der Waals surface area contributed by atoms with Crippen LogP contribution in [0.25, 0.3) is 0 Å². The van der Waals surface area contributed by atoms with Crippen LogP contribution in [0, 0.1) is 6.92 Å². The van der Waals surface area contributed by atoms with Gasteiger partial charge in [0.25, 0.3) is 5.91 Å². The van der Waals surface area contributed by atoms with E-state index in [1.54, 1.807) is 20.1 Å². The van der Waals surface area contributed by atoms with Gasteiger partial charge in [0.1, 0.15) is 0 Å². The van der Waals surface area contributed by atoms with E-state index in [2.05, 4.69) is 10.00 Å². The molecule has 0 radical (unpaired) electrons. The zero-order chi connectivity index (χ0) is 20.3. The number of sulfonamides is 1. The molecule has 10 heteroatoms. The van der Waals surface area contributed by atoms with Crippen LogP contribution < -0.4 is 0 Å². The minimum absolute atomic E-state index is 0.0682. The predicted molar refractivity (Wildman–Crippen MR) is 106 cm³/mol. The number of nitrogens with zero attached hydrogens (tertiary/aromatic N) is 5. The van der Waals surface area contributed by atoms with E-state index in [9.17, 15) is 13.2 Å². The van der Waals surface area contributed by atoms with Crippen LogP contribution in [-0.2, 0) is 21.3 Å². The number of carbonyl (C=O) groups is 1. The first-order chi connectivity index (χ1) is 13.3. The summed E-state index contributed by atoms with van der Waals surface area (Å²) < 4.78 is 33.5. The van der Waals surface area contributed by atoms with E-state index in [0.717, 1.165) is 18.8 Å². The fourth-order valence-electron chi connectivity index (χ4n) is 3.99. The molecule has 1 aromatic rings. The van der Waals surface area contributed by atoms with Gasteiger partial charge in [-0.15, -0.1) is 0 Å². The second-order valence-corrected chi connectivity index (χ2v) is 9.42. The molecule has 0 saturated carbocycles. The Kier molecular flexibility index (Phi) is 6.74. The summed E-state index contributed by atoms with van der Waals surface area (Å²) in [6.07, 6.45) is 3.52. The van der Waals surface area contributed by atoms with Crippen LogP contribution in [0.2, 0.25) is 0 Å². The second kappa shape index (κ2) is 8.89. The van der Waals surface area contributed by atoms with Gasteiger partial charge >= 0.3 is 0 Å². The molecule has 28 heavy (non-hydrogen) atoms. The van der Waals surface area contributed by atoms with Gasteiger partial charge in [0.2, 0.25) is 10.0 Å². The molecule has 0 aromatic carbocycles. The maximum atomic E-state index is 12.9. The van der Waals surface area contributed by atoms with Gasteiger partial charge in [0.05, 0.1) is 31.2 Å². The average Bonchev–Trinajstić information content (AvgIpc) is 3.28. The third-order valence-corrected chi connectivity index (χ3v) is 6.99. The summed E-state index contributed by atoms with van der Waals surface area (Å²) >= 11 is 0. The van der Waals surface area contributed by atoms with Crippen molar-refractivity contribution < 1.29 is 17.9 Å². The lowest BCUT2D eigenvalue weighted by atomic mass is 10.2. The number of rotatable bonds is 7. The molecular weight excluding hydrogens is 382 g/mol. The van der Waals surface area contributed by atoms with Crippen LogP contribution in [0.15, 0.2) is 6.20 Å². The molecule has 3 rings (SSSR count). The van der Waals surface area contributed by atoms with E-state index in [1.165, 1.54) is 6.26 Å². The van der Waals surface area contributed by atoms with E-state index >= 15 is 0 Å². The number of aromatic nitrogens is 2. The van der Waals surface area contributed by atoms with Gasteiger partial charge in [-0.3, -0.25) is 14.4 Å². The van der Waals surface area contributed by atoms with Gasteiger partial charge in [-0.2, -0.15) is 9.40 Å². The smallest absolute Gasteiger partial charge is 0.257 e. The fourth-order valence-corrected chi connectivity index (χ4v) is 5.12. The largest absolute Gasteiger partial charge is 0.379 e. The third-order valence-electron chi connectivity index (χ3n) is 5.66. The summed E-state index contributed by atoms with van der Waals surface area (Å²) in [4.78, 5) is 16.9. The van der Waals surface area contributed by atoms with Crippen molar-refractivity contribution in [2.24, 2.45) is 0 Å². The van der Waals surface area contributed by atoms with E-state index in [-0.39, 0.29) is 11.9 Å². The van der Waals surface area contributed by atoms with Gasteiger partial charge in [0, 0.05) is 57.5 Å². The predicted octanol–water partition coefficient (Wildman–Crippen LogP) is 0.0197. The number of carbonyl (C=O) groups excluding carboxylic acids is 1. The van der Waals surface area contributed by atoms with Crippen molar-refractivity contribution in [3.05, 3.63) is 17.5 Å². The summed E-state index contributed by atoms with van der Waals surface area (Å²) in [5.41, 5.74) is 1.45. The Morgan fingerprint density at radius 1 is 1.32 bits per heavy atom. The quantitative estimate of drug-likeness (QED) is 0.626. The Hall–Kier alpha value is -1.49. The summed E-state index contributed by atoms with van der Waals surface area (Å²) in [7, 11) is -3.35. The summed E-state index contributed by atoms with van der Waals surface area (Å²) in [6.45, 7) is 9.73. The van der Waals surface area contributed by atoms with Gasteiger partial charge in [-0.1, -0.05) is 0 Å². The lowest BCUT2D eigenvalue weighted by Crippen LogP contribution is -2.47. The van der Waals surface area contributed by atoms with E-state index in [0.29, 0.717) is 57.9 Å². The Balaban J connectivity index is 1.64. The number of amides is 1. The molecular formula is C18H31N5O4S. The monoisotopic (exact) mass is 413 g/mol. The van der Waals surface area contributed by atoms with Crippen molar-refractivity contribution in [1.82, 2.24) is 23.9 Å². The van der Waals surface area contributed by atoms with Gasteiger partial charge < -0.3 is 9.64 Å². The first kappa shape index (κ1) is 21.2. The topological polar surface area (TPSA) is 88.0 Å². The van der Waals surface area contributed by atoms with Crippen molar-refractivity contribution in [2.45, 2.75) is 32.9 Å². The minimum Gasteiger partial charge on any atom is -0.379 e. The van der Waals surface area contributed by atoms with Crippen molar-refractivity contribution in [3.63, 3.8) is 0 Å². The number of hydrogen-bond acceptors (Lipinski definition) is 6. The molecule has 0 aliphatic carbocycles. The Bertz CT molecular complexity index is 788. The highest BCUT2D eigenvalue weighted by Gasteiger charge is 2.35. The summed E-state index contributed by atoms with van der Waals surface area (Å²) in [5.74, 6) is -0.0682. The zero-order valence-electron chi connectivity index (χ0n) is 17.0. The molecule has 1 atom stereocenters. The normalized spacial score (nSPS) is 21.6. The standard InChI is InChI=1S/C18H31N5O4S/c1-4-22-15(2)17(13-19-22)18(24)21-6-5-16(14-21)23(28(3,25)26)8-7-20-9-11-27-12-10-20/h13,16H,4-12,14H2,1-3H3. The second-order valence-electron chi connectivity index (χ2n) is 7.48. The molecule has 3 heterocycles. The molecule has 2 aliphatic heterocycles. The fraction of sp³-hybridized carbons (Fsp3) is 0.778. The van der Waals surface area contributed by atoms with Crippen molar-refractivity contribution >= 4 is 15.9 Å². The lowest BCUT2D eigenvalue weighted by molar-refractivity contribution is 0.0353. The van der Waals surface area contributed by atoms with E-state index in [1.807, 2.05) is 13.8 Å². The van der Waals surface area contributed by atoms with Crippen LogP contribution in [0.1, 0.15) is 29.4 Å². The van der Waals surface area contributed by atoms with Crippen LogP contribution in [0.5, 0.6) is 0 Å². The highest BCUT2D eigenvalue weighted by atomic mass is 32.2. The molecule has 0 spiro atoms. The molecule has 0 bridgehead atoms. The maximum Gasteiger partial charge on any atom is 0.257 e. The molecule has 9 nitrogen and oxygen atoms in total. The number of hydrogen-bond donors (Lipinski definition) is 0. The van der Waals surface area contributed by atoms with Crippen LogP contribution in [0.3, 0.4) is 0 Å². The van der Waals surface area contributed by atoms with E-state index in [4.69, 9.17) is 4.74 Å². The highest BCUT2D eigenvalue weighted by molar-refractivity contribution is 7.88. The van der Waals surface area contributed by atoms with Crippen molar-refractivity contribution in [2.75, 3.05) is 58.7 Å². The summed E-state index contributed by atoms with van der Waals surface area (Å²) in [5, 5.41) is 4.25. The average molecular weight is 414 g/mol. The molecule has 158 valence electrons. The molecule has 0 N–H and O–H groups in total. The Morgan fingerprint density at radius 3 is 2.64 bits per heavy atom. The van der Waals surface area contributed by atoms with Crippen LogP contribution >= 0.6 is 0 Å². The van der Waals surface area contributed by atoms with Crippen molar-refractivity contribution in [3.8, 4) is 0 Å². The van der Waals surface area contributed by atoms with E-state index < -0.39 is 10.0 Å². The first-order valence-electron chi connectivity index (χ1n) is 9.90. The van der Waals surface area contributed by atoms with Crippen LogP contribution in [-0.4, -0.2) is 103 Å². The van der Waals surface area contributed by atoms with Gasteiger partial charge in [-0.25, -0.2) is 8.42 Å². The Labute approximate surface area is 167 Å². The Morgan fingerprint density at radius 2 is 2.04 bits per heavy atom. The van der Waals surface area contributed by atoms with Gasteiger partial charge in [-0.05, 0) is 20.3 Å². The SMILES string of the molecule is CCn1ncc(C(=O)N2CCC(N(CCN3CCOCC3)S(C)(=O)=O)C2)c1C. The minimum atomic E-state index is -3.35. The maximum absolute atomic E-state index is 12.9. The number of aryl methyl sites for hydroxylation is 1. The highest BCUT2D eigenvalue weighted by Crippen LogP contribution is 2.21. The van der Waals surface area contributed by atoms with Crippen LogP contribution in [0.4, 0.5) is 0 Å². The molecule has 1 aromatic heterocycles. The molecule has 2 aliphatic rings.